The molecule has 3 heterocycles. The second kappa shape index (κ2) is 9.56. The number of sulfonamides is 1. The van der Waals surface area contributed by atoms with Gasteiger partial charge in [-0.15, -0.1) is 0 Å². The molecule has 35 heavy (non-hydrogen) atoms. The van der Waals surface area contributed by atoms with Crippen LogP contribution in [0.25, 0.3) is 10.2 Å². The maximum atomic E-state index is 13.7. The van der Waals surface area contributed by atoms with Crippen LogP contribution in [0.3, 0.4) is 0 Å². The number of anilines is 1. The van der Waals surface area contributed by atoms with Crippen molar-refractivity contribution in [3.8, 4) is 0 Å². The third kappa shape index (κ3) is 4.76. The topological polar surface area (TPSA) is 83.7 Å². The quantitative estimate of drug-likeness (QED) is 0.341. The molecule has 1 saturated heterocycles. The maximum absolute atomic E-state index is 13.7. The van der Waals surface area contributed by atoms with Gasteiger partial charge in [0.1, 0.15) is 5.76 Å². The molecule has 0 atom stereocenters. The highest BCUT2D eigenvalue weighted by Gasteiger charge is 2.27. The minimum atomic E-state index is -3.56. The summed E-state index contributed by atoms with van der Waals surface area (Å²) in [5.41, 5.74) is 3.46. The third-order valence-corrected chi connectivity index (χ3v) is 9.18. The van der Waals surface area contributed by atoms with E-state index in [4.69, 9.17) is 9.40 Å². The van der Waals surface area contributed by atoms with Gasteiger partial charge >= 0.3 is 0 Å². The van der Waals surface area contributed by atoms with Crippen LogP contribution in [0.4, 0.5) is 5.13 Å². The smallest absolute Gasteiger partial charge is 0.260 e. The SMILES string of the molecule is Cc1cc(C)c2nc(N(Cc3ccco3)C(=O)c3ccc(S(=O)(=O)N4CCCCC4)cc3)sc2c1. The number of thiazole rings is 1. The Morgan fingerprint density at radius 2 is 1.83 bits per heavy atom. The number of carbonyl (C=O) groups excluding carboxylic acids is 1. The number of rotatable bonds is 6. The first kappa shape index (κ1) is 23.7. The normalized spacial score (nSPS) is 14.9. The van der Waals surface area contributed by atoms with E-state index in [2.05, 4.69) is 12.1 Å². The fourth-order valence-corrected chi connectivity index (χ4v) is 7.10. The molecule has 0 aliphatic carbocycles. The summed E-state index contributed by atoms with van der Waals surface area (Å²) in [6, 6.07) is 13.9. The number of aromatic nitrogens is 1. The first-order valence-electron chi connectivity index (χ1n) is 11.7. The van der Waals surface area contributed by atoms with E-state index in [0.717, 1.165) is 40.6 Å². The molecule has 1 amide bonds. The number of furan rings is 1. The maximum Gasteiger partial charge on any atom is 0.260 e. The lowest BCUT2D eigenvalue weighted by molar-refractivity contribution is 0.0983. The molecule has 1 aliphatic rings. The number of benzene rings is 2. The molecule has 0 unspecified atom stereocenters. The van der Waals surface area contributed by atoms with Crippen LogP contribution in [0.2, 0.25) is 0 Å². The first-order chi connectivity index (χ1) is 16.8. The van der Waals surface area contributed by atoms with Crippen molar-refractivity contribution in [2.24, 2.45) is 0 Å². The van der Waals surface area contributed by atoms with Gasteiger partial charge in [0.05, 0.1) is 27.9 Å². The van der Waals surface area contributed by atoms with Gasteiger partial charge in [0, 0.05) is 18.7 Å². The lowest BCUT2D eigenvalue weighted by Crippen LogP contribution is -2.35. The number of carbonyl (C=O) groups is 1. The van der Waals surface area contributed by atoms with Crippen molar-refractivity contribution in [3.63, 3.8) is 0 Å². The van der Waals surface area contributed by atoms with Gasteiger partial charge < -0.3 is 4.42 Å². The van der Waals surface area contributed by atoms with E-state index in [1.54, 1.807) is 29.4 Å². The molecule has 0 N–H and O–H groups in total. The molecule has 0 bridgehead atoms. The Labute approximate surface area is 209 Å². The highest BCUT2D eigenvalue weighted by molar-refractivity contribution is 7.89. The van der Waals surface area contributed by atoms with Gasteiger partial charge in [-0.05, 0) is 80.3 Å². The number of piperidine rings is 1. The summed E-state index contributed by atoms with van der Waals surface area (Å²) in [7, 11) is -3.56. The van der Waals surface area contributed by atoms with Crippen LogP contribution in [0.1, 0.15) is 46.5 Å². The summed E-state index contributed by atoms with van der Waals surface area (Å²) < 4.78 is 34.1. The van der Waals surface area contributed by atoms with Crippen molar-refractivity contribution < 1.29 is 17.6 Å². The van der Waals surface area contributed by atoms with Crippen LogP contribution in [-0.2, 0) is 16.6 Å². The second-order valence-corrected chi connectivity index (χ2v) is 11.8. The molecule has 182 valence electrons. The molecular formula is C26H27N3O4S2. The van der Waals surface area contributed by atoms with Gasteiger partial charge in [0.2, 0.25) is 10.0 Å². The van der Waals surface area contributed by atoms with E-state index in [1.165, 1.54) is 27.8 Å². The number of hydrogen-bond donors (Lipinski definition) is 0. The van der Waals surface area contributed by atoms with Gasteiger partial charge in [-0.2, -0.15) is 4.31 Å². The molecule has 4 aromatic rings. The summed E-state index contributed by atoms with van der Waals surface area (Å²) in [5, 5.41) is 0.570. The number of amides is 1. The highest BCUT2D eigenvalue weighted by atomic mass is 32.2. The lowest BCUT2D eigenvalue weighted by atomic mass is 10.1. The number of aryl methyl sites for hydroxylation is 2. The van der Waals surface area contributed by atoms with Gasteiger partial charge in [0.15, 0.2) is 5.13 Å². The average molecular weight is 510 g/mol. The standard InChI is InChI=1S/C26H27N3O4S2/c1-18-15-19(2)24-23(16-18)34-26(27-24)29(17-21-7-6-14-33-21)25(30)20-8-10-22(11-9-20)35(31,32)28-12-4-3-5-13-28/h6-11,14-16H,3-5,12-13,17H2,1-2H3. The predicted octanol–water partition coefficient (Wildman–Crippen LogP) is 5.53. The molecule has 7 nitrogen and oxygen atoms in total. The fourth-order valence-electron chi connectivity index (χ4n) is 4.44. The van der Waals surface area contributed by atoms with E-state index < -0.39 is 10.0 Å². The minimum Gasteiger partial charge on any atom is -0.467 e. The van der Waals surface area contributed by atoms with Gasteiger partial charge in [0.25, 0.3) is 5.91 Å². The van der Waals surface area contributed by atoms with E-state index in [-0.39, 0.29) is 17.3 Å². The van der Waals surface area contributed by atoms with Crippen molar-refractivity contribution in [2.75, 3.05) is 18.0 Å². The Kier molecular flexibility index (Phi) is 6.48. The summed E-state index contributed by atoms with van der Waals surface area (Å²) in [6.45, 7) is 5.35. The van der Waals surface area contributed by atoms with Crippen LogP contribution >= 0.6 is 11.3 Å². The number of fused-ring (bicyclic) bond motifs is 1. The van der Waals surface area contributed by atoms with E-state index >= 15 is 0 Å². The highest BCUT2D eigenvalue weighted by Crippen LogP contribution is 2.33. The average Bonchev–Trinajstić information content (AvgIpc) is 3.53. The number of nitrogens with zero attached hydrogens (tertiary/aromatic N) is 3. The Morgan fingerprint density at radius 1 is 1.09 bits per heavy atom. The molecule has 2 aromatic heterocycles. The zero-order chi connectivity index (χ0) is 24.6. The van der Waals surface area contributed by atoms with Crippen LogP contribution in [0.5, 0.6) is 0 Å². The van der Waals surface area contributed by atoms with E-state index in [1.807, 2.05) is 19.9 Å². The summed E-state index contributed by atoms with van der Waals surface area (Å²) in [5.74, 6) is 0.367. The predicted molar refractivity (Wildman–Crippen MR) is 137 cm³/mol. The van der Waals surface area contributed by atoms with Gasteiger partial charge in [-0.3, -0.25) is 9.69 Å². The van der Waals surface area contributed by atoms with Crippen LogP contribution in [0, 0.1) is 13.8 Å². The van der Waals surface area contributed by atoms with Crippen molar-refractivity contribution in [3.05, 3.63) is 77.2 Å². The number of hydrogen-bond acceptors (Lipinski definition) is 6. The zero-order valence-corrected chi connectivity index (χ0v) is 21.4. The van der Waals surface area contributed by atoms with Crippen LogP contribution < -0.4 is 4.90 Å². The molecule has 1 aliphatic heterocycles. The largest absolute Gasteiger partial charge is 0.467 e. The third-order valence-electron chi connectivity index (χ3n) is 6.24. The molecule has 2 aromatic carbocycles. The Morgan fingerprint density at radius 3 is 2.51 bits per heavy atom. The summed E-state index contributed by atoms with van der Waals surface area (Å²) in [6.07, 6.45) is 4.37. The molecule has 0 radical (unpaired) electrons. The van der Waals surface area contributed by atoms with Crippen molar-refractivity contribution in [1.29, 1.82) is 0 Å². The monoisotopic (exact) mass is 509 g/mol. The molecule has 0 spiro atoms. The Hall–Kier alpha value is -3.01. The molecule has 5 rings (SSSR count). The Bertz CT molecular complexity index is 1450. The molecule has 0 saturated carbocycles. The Balaban J connectivity index is 1.48. The van der Waals surface area contributed by atoms with Gasteiger partial charge in [-0.1, -0.05) is 23.8 Å². The minimum absolute atomic E-state index is 0.208. The second-order valence-electron chi connectivity index (χ2n) is 8.88. The summed E-state index contributed by atoms with van der Waals surface area (Å²) in [4.78, 5) is 20.2. The van der Waals surface area contributed by atoms with E-state index in [9.17, 15) is 13.2 Å². The molecule has 1 fully saturated rings. The first-order valence-corrected chi connectivity index (χ1v) is 13.9. The van der Waals surface area contributed by atoms with Crippen molar-refractivity contribution in [1.82, 2.24) is 9.29 Å². The van der Waals surface area contributed by atoms with Crippen molar-refractivity contribution >= 4 is 42.6 Å². The van der Waals surface area contributed by atoms with Crippen LogP contribution in [-0.4, -0.2) is 36.7 Å². The fraction of sp³-hybridized carbons (Fsp3) is 0.308. The van der Waals surface area contributed by atoms with E-state index in [0.29, 0.717) is 29.5 Å². The van der Waals surface area contributed by atoms with Crippen LogP contribution in [0.15, 0.2) is 64.1 Å². The van der Waals surface area contributed by atoms with Gasteiger partial charge in [-0.25, -0.2) is 13.4 Å². The molecule has 9 heteroatoms. The van der Waals surface area contributed by atoms with Crippen molar-refractivity contribution in [2.45, 2.75) is 44.6 Å². The lowest BCUT2D eigenvalue weighted by Gasteiger charge is -2.26. The molecular weight excluding hydrogens is 482 g/mol. The zero-order valence-electron chi connectivity index (χ0n) is 19.7. The summed E-state index contributed by atoms with van der Waals surface area (Å²) >= 11 is 1.45.